The average molecular weight is 435 g/mol. The summed E-state index contributed by atoms with van der Waals surface area (Å²) >= 11 is 0. The summed E-state index contributed by atoms with van der Waals surface area (Å²) in [6, 6.07) is 12.1. The monoisotopic (exact) mass is 435 g/mol. The molecule has 1 aliphatic rings. The van der Waals surface area contributed by atoms with E-state index in [9.17, 15) is 22.8 Å². The number of halogens is 3. The molecular formula is C22H24F3N3O3. The van der Waals surface area contributed by atoms with E-state index in [1.54, 1.807) is 6.92 Å². The van der Waals surface area contributed by atoms with Crippen LogP contribution in [0.1, 0.15) is 24.2 Å². The minimum Gasteiger partial charge on any atom is -0.406 e. The van der Waals surface area contributed by atoms with Crippen molar-refractivity contribution in [2.45, 2.75) is 26.3 Å². The molecule has 0 saturated carbocycles. The van der Waals surface area contributed by atoms with E-state index in [1.165, 1.54) is 19.1 Å². The third kappa shape index (κ3) is 6.21. The fourth-order valence-electron chi connectivity index (χ4n) is 3.43. The Balaban J connectivity index is 1.51. The first-order valence-corrected chi connectivity index (χ1v) is 9.89. The summed E-state index contributed by atoms with van der Waals surface area (Å²) in [4.78, 5) is 28.2. The first kappa shape index (κ1) is 22.6. The third-order valence-electron chi connectivity index (χ3n) is 5.24. The molecule has 0 bridgehead atoms. The lowest BCUT2D eigenvalue weighted by Crippen LogP contribution is -2.52. The highest BCUT2D eigenvalue weighted by Gasteiger charge is 2.31. The van der Waals surface area contributed by atoms with E-state index in [-0.39, 0.29) is 17.4 Å². The van der Waals surface area contributed by atoms with Crippen LogP contribution < -0.4 is 15.0 Å². The smallest absolute Gasteiger partial charge is 0.406 e. The normalized spacial score (nSPS) is 16.0. The van der Waals surface area contributed by atoms with E-state index >= 15 is 0 Å². The number of ketones is 1. The zero-order valence-corrected chi connectivity index (χ0v) is 17.3. The summed E-state index contributed by atoms with van der Waals surface area (Å²) < 4.78 is 40.5. The number of nitrogens with zero attached hydrogens (tertiary/aromatic N) is 2. The molecule has 166 valence electrons. The highest BCUT2D eigenvalue weighted by Crippen LogP contribution is 2.24. The fourth-order valence-corrected chi connectivity index (χ4v) is 3.43. The Morgan fingerprint density at radius 2 is 1.55 bits per heavy atom. The zero-order valence-electron chi connectivity index (χ0n) is 17.3. The molecule has 0 unspecified atom stereocenters. The number of ether oxygens (including phenoxy) is 1. The molecule has 2 aromatic rings. The number of rotatable bonds is 6. The molecule has 1 aliphatic heterocycles. The van der Waals surface area contributed by atoms with E-state index in [1.807, 2.05) is 24.3 Å². The molecule has 1 fully saturated rings. The van der Waals surface area contributed by atoms with Gasteiger partial charge in [0.25, 0.3) is 0 Å². The predicted octanol–water partition coefficient (Wildman–Crippen LogP) is 3.94. The number of hydrogen-bond donors (Lipinski definition) is 1. The second kappa shape index (κ2) is 9.38. The topological polar surface area (TPSA) is 61.9 Å². The number of carbonyl (C=O) groups is 2. The van der Waals surface area contributed by atoms with Gasteiger partial charge in [0.2, 0.25) is 5.91 Å². The van der Waals surface area contributed by atoms with Crippen molar-refractivity contribution in [3.05, 3.63) is 54.1 Å². The summed E-state index contributed by atoms with van der Waals surface area (Å²) in [5, 5.41) is 2.73. The van der Waals surface area contributed by atoms with Crippen LogP contribution in [-0.4, -0.2) is 55.2 Å². The van der Waals surface area contributed by atoms with Crippen molar-refractivity contribution in [2.75, 3.05) is 36.4 Å². The van der Waals surface area contributed by atoms with Crippen LogP contribution in [0.15, 0.2) is 48.5 Å². The van der Waals surface area contributed by atoms with Crippen LogP contribution in [0.5, 0.6) is 5.75 Å². The van der Waals surface area contributed by atoms with E-state index in [2.05, 4.69) is 19.9 Å². The van der Waals surface area contributed by atoms with Gasteiger partial charge >= 0.3 is 6.36 Å². The van der Waals surface area contributed by atoms with Gasteiger partial charge in [0, 0.05) is 43.1 Å². The zero-order chi connectivity index (χ0) is 22.6. The van der Waals surface area contributed by atoms with Crippen molar-refractivity contribution in [1.29, 1.82) is 0 Å². The van der Waals surface area contributed by atoms with Crippen molar-refractivity contribution >= 4 is 23.1 Å². The average Bonchev–Trinajstić information content (AvgIpc) is 2.74. The van der Waals surface area contributed by atoms with E-state index in [4.69, 9.17) is 0 Å². The number of anilines is 2. The molecule has 1 N–H and O–H groups in total. The van der Waals surface area contributed by atoms with E-state index < -0.39 is 12.4 Å². The van der Waals surface area contributed by atoms with E-state index in [0.717, 1.165) is 30.9 Å². The second-order valence-corrected chi connectivity index (χ2v) is 7.36. The Hall–Kier alpha value is -3.07. The van der Waals surface area contributed by atoms with Gasteiger partial charge in [-0.2, -0.15) is 0 Å². The third-order valence-corrected chi connectivity index (χ3v) is 5.24. The summed E-state index contributed by atoms with van der Waals surface area (Å²) in [6.45, 7) is 6.17. The number of carbonyl (C=O) groups excluding carboxylic acids is 2. The number of hydrogen-bond acceptors (Lipinski definition) is 5. The van der Waals surface area contributed by atoms with Crippen LogP contribution in [0.2, 0.25) is 0 Å². The van der Waals surface area contributed by atoms with Gasteiger partial charge in [0.15, 0.2) is 5.78 Å². The lowest BCUT2D eigenvalue weighted by atomic mass is 10.1. The molecule has 3 rings (SSSR count). The van der Waals surface area contributed by atoms with Crippen LogP contribution in [-0.2, 0) is 4.79 Å². The van der Waals surface area contributed by atoms with Crippen LogP contribution in [0.25, 0.3) is 0 Å². The van der Waals surface area contributed by atoms with Gasteiger partial charge in [-0.05, 0) is 62.4 Å². The quantitative estimate of drug-likeness (QED) is 0.697. The molecule has 9 heteroatoms. The number of amides is 1. The Labute approximate surface area is 178 Å². The molecule has 1 saturated heterocycles. The SMILES string of the molecule is CC(=O)c1ccc(N2CCN([C@H](C)C(=O)Nc3ccc(OC(F)(F)F)cc3)CC2)cc1. The molecule has 1 heterocycles. The number of alkyl halides is 3. The molecular weight excluding hydrogens is 411 g/mol. The van der Waals surface area contributed by atoms with Gasteiger partial charge in [-0.1, -0.05) is 0 Å². The van der Waals surface area contributed by atoms with Crippen molar-refractivity contribution < 1.29 is 27.5 Å². The maximum atomic E-state index is 12.6. The number of benzene rings is 2. The highest BCUT2D eigenvalue weighted by atomic mass is 19.4. The first-order chi connectivity index (χ1) is 14.6. The Morgan fingerprint density at radius 3 is 2.06 bits per heavy atom. The first-order valence-electron chi connectivity index (χ1n) is 9.89. The van der Waals surface area contributed by atoms with Gasteiger partial charge in [-0.3, -0.25) is 14.5 Å². The van der Waals surface area contributed by atoms with Crippen molar-refractivity contribution in [3.63, 3.8) is 0 Å². The Bertz CT molecular complexity index is 906. The lowest BCUT2D eigenvalue weighted by molar-refractivity contribution is -0.274. The fraction of sp³-hybridized carbons (Fsp3) is 0.364. The number of piperazine rings is 1. The molecule has 1 amide bonds. The van der Waals surface area contributed by atoms with Gasteiger partial charge < -0.3 is 15.0 Å². The van der Waals surface area contributed by atoms with Gasteiger partial charge in [0.1, 0.15) is 5.75 Å². The molecule has 31 heavy (non-hydrogen) atoms. The Kier molecular flexibility index (Phi) is 6.84. The molecule has 0 spiro atoms. The van der Waals surface area contributed by atoms with Gasteiger partial charge in [-0.25, -0.2) is 0 Å². The molecule has 6 nitrogen and oxygen atoms in total. The summed E-state index contributed by atoms with van der Waals surface area (Å²) in [5.41, 5.74) is 2.10. The van der Waals surface area contributed by atoms with Crippen molar-refractivity contribution in [3.8, 4) is 5.75 Å². The number of Topliss-reactive ketones (excluding diaryl/α,β-unsaturated/α-hetero) is 1. The summed E-state index contributed by atoms with van der Waals surface area (Å²) in [5.74, 6) is -0.548. The summed E-state index contributed by atoms with van der Waals surface area (Å²) in [6.07, 6.45) is -4.75. The predicted molar refractivity (Wildman–Crippen MR) is 111 cm³/mol. The highest BCUT2D eigenvalue weighted by molar-refractivity contribution is 5.95. The molecule has 0 radical (unpaired) electrons. The van der Waals surface area contributed by atoms with Crippen LogP contribution in [0.3, 0.4) is 0 Å². The minimum absolute atomic E-state index is 0.0266. The molecule has 0 aliphatic carbocycles. The van der Waals surface area contributed by atoms with Crippen LogP contribution in [0.4, 0.5) is 24.5 Å². The minimum atomic E-state index is -4.75. The maximum Gasteiger partial charge on any atom is 0.573 e. The molecule has 2 aromatic carbocycles. The van der Waals surface area contributed by atoms with Crippen molar-refractivity contribution in [2.24, 2.45) is 0 Å². The maximum absolute atomic E-state index is 12.6. The van der Waals surface area contributed by atoms with E-state index in [0.29, 0.717) is 24.3 Å². The van der Waals surface area contributed by atoms with Crippen molar-refractivity contribution in [1.82, 2.24) is 4.90 Å². The molecule has 1 atom stereocenters. The van der Waals surface area contributed by atoms with Crippen LogP contribution >= 0.6 is 0 Å². The standard InChI is InChI=1S/C22H24F3N3O3/c1-15(21(30)26-18-5-9-20(10-6-18)31-22(23,24)25)27-11-13-28(14-12-27)19-7-3-17(4-8-19)16(2)29/h3-10,15H,11-14H2,1-2H3,(H,26,30)/t15-/m1/s1. The number of nitrogens with one attached hydrogen (secondary N) is 1. The molecule has 0 aromatic heterocycles. The van der Waals surface area contributed by atoms with Gasteiger partial charge in [-0.15, -0.1) is 13.2 Å². The van der Waals surface area contributed by atoms with Gasteiger partial charge in [0.05, 0.1) is 6.04 Å². The second-order valence-electron chi connectivity index (χ2n) is 7.36. The van der Waals surface area contributed by atoms with Crippen LogP contribution in [0, 0.1) is 0 Å². The Morgan fingerprint density at radius 1 is 0.968 bits per heavy atom. The summed E-state index contributed by atoms with van der Waals surface area (Å²) in [7, 11) is 0. The lowest BCUT2D eigenvalue weighted by Gasteiger charge is -2.38. The largest absolute Gasteiger partial charge is 0.573 e.